The van der Waals surface area contributed by atoms with Crippen LogP contribution in [0.2, 0.25) is 0 Å². The summed E-state index contributed by atoms with van der Waals surface area (Å²) in [7, 11) is -2.63. The molecule has 1 heterocycles. The van der Waals surface area contributed by atoms with Crippen LogP contribution in [-0.2, 0) is 14.8 Å². The lowest BCUT2D eigenvalue weighted by Gasteiger charge is -2.18. The normalized spacial score (nSPS) is 12.5. The van der Waals surface area contributed by atoms with Crippen LogP contribution in [0.4, 0.5) is 4.39 Å². The van der Waals surface area contributed by atoms with Crippen LogP contribution in [0, 0.1) is 5.82 Å². The molecule has 3 aromatic rings. The molecule has 0 aliphatic heterocycles. The second kappa shape index (κ2) is 7.99. The molecule has 0 aliphatic rings. The molecule has 0 fully saturated rings. The molecule has 0 bridgehead atoms. The van der Waals surface area contributed by atoms with E-state index in [0.717, 1.165) is 4.88 Å². The summed E-state index contributed by atoms with van der Waals surface area (Å²) in [6, 6.07) is 14.1. The van der Waals surface area contributed by atoms with Gasteiger partial charge in [-0.05, 0) is 53.4 Å². The number of benzene rings is 2. The maximum atomic E-state index is 13.3. The molecule has 0 saturated carbocycles. The molecule has 27 heavy (non-hydrogen) atoms. The van der Waals surface area contributed by atoms with E-state index in [0.29, 0.717) is 5.56 Å². The first kappa shape index (κ1) is 19.2. The third-order valence-corrected chi connectivity index (χ3v) is 6.27. The SMILES string of the molecule is COC(=O)c1ccc(S(=O)(=O)NC(c2ccc(F)cc2)c2cccs2)cc1. The second-order valence-electron chi connectivity index (χ2n) is 5.64. The molecule has 0 aliphatic carbocycles. The van der Waals surface area contributed by atoms with Crippen LogP contribution in [0.1, 0.15) is 26.8 Å². The Morgan fingerprint density at radius 1 is 1.07 bits per heavy atom. The topological polar surface area (TPSA) is 72.5 Å². The number of hydrogen-bond acceptors (Lipinski definition) is 5. The van der Waals surface area contributed by atoms with Crippen LogP contribution < -0.4 is 4.72 Å². The minimum atomic E-state index is -3.88. The van der Waals surface area contributed by atoms with E-state index < -0.39 is 27.9 Å². The van der Waals surface area contributed by atoms with Crippen molar-refractivity contribution in [3.8, 4) is 0 Å². The van der Waals surface area contributed by atoms with Gasteiger partial charge in [0.25, 0.3) is 0 Å². The lowest BCUT2D eigenvalue weighted by Crippen LogP contribution is -2.29. The van der Waals surface area contributed by atoms with Gasteiger partial charge in [0.2, 0.25) is 10.0 Å². The number of carbonyl (C=O) groups is 1. The van der Waals surface area contributed by atoms with Crippen molar-refractivity contribution < 1.29 is 22.3 Å². The molecule has 1 unspecified atom stereocenters. The van der Waals surface area contributed by atoms with Gasteiger partial charge in [-0.2, -0.15) is 4.72 Å². The van der Waals surface area contributed by atoms with E-state index in [-0.39, 0.29) is 10.5 Å². The summed E-state index contributed by atoms with van der Waals surface area (Å²) in [6.45, 7) is 0. The Hall–Kier alpha value is -2.55. The van der Waals surface area contributed by atoms with Crippen molar-refractivity contribution >= 4 is 27.3 Å². The number of rotatable bonds is 6. The Kier molecular flexibility index (Phi) is 5.69. The van der Waals surface area contributed by atoms with E-state index in [1.165, 1.54) is 54.8 Å². The first-order valence-electron chi connectivity index (χ1n) is 7.90. The number of ether oxygens (including phenoxy) is 1. The molecule has 5 nitrogen and oxygen atoms in total. The zero-order valence-electron chi connectivity index (χ0n) is 14.3. The zero-order chi connectivity index (χ0) is 19.4. The number of sulfonamides is 1. The van der Waals surface area contributed by atoms with E-state index in [2.05, 4.69) is 9.46 Å². The summed E-state index contributed by atoms with van der Waals surface area (Å²) in [5.41, 5.74) is 0.874. The number of esters is 1. The molecule has 1 atom stereocenters. The minimum absolute atomic E-state index is 0.0128. The predicted molar refractivity (Wildman–Crippen MR) is 101 cm³/mol. The Labute approximate surface area is 160 Å². The summed E-state index contributed by atoms with van der Waals surface area (Å²) in [6.07, 6.45) is 0. The maximum absolute atomic E-state index is 13.3. The van der Waals surface area contributed by atoms with Crippen molar-refractivity contribution in [2.24, 2.45) is 0 Å². The highest BCUT2D eigenvalue weighted by atomic mass is 32.2. The van der Waals surface area contributed by atoms with Crippen molar-refractivity contribution in [2.45, 2.75) is 10.9 Å². The van der Waals surface area contributed by atoms with Crippen molar-refractivity contribution in [1.29, 1.82) is 0 Å². The first-order chi connectivity index (χ1) is 12.9. The average molecular weight is 405 g/mol. The van der Waals surface area contributed by atoms with Gasteiger partial charge in [0.05, 0.1) is 23.6 Å². The van der Waals surface area contributed by atoms with Crippen LogP contribution >= 0.6 is 11.3 Å². The van der Waals surface area contributed by atoms with E-state index in [4.69, 9.17) is 0 Å². The number of halogens is 1. The smallest absolute Gasteiger partial charge is 0.337 e. The van der Waals surface area contributed by atoms with Gasteiger partial charge in [0.15, 0.2) is 0 Å². The largest absolute Gasteiger partial charge is 0.465 e. The predicted octanol–water partition coefficient (Wildman–Crippen LogP) is 3.74. The Balaban J connectivity index is 1.92. The van der Waals surface area contributed by atoms with E-state index in [1.807, 2.05) is 17.5 Å². The van der Waals surface area contributed by atoms with Gasteiger partial charge in [-0.1, -0.05) is 18.2 Å². The van der Waals surface area contributed by atoms with Gasteiger partial charge in [-0.25, -0.2) is 17.6 Å². The van der Waals surface area contributed by atoms with Gasteiger partial charge in [0.1, 0.15) is 5.82 Å². The molecule has 1 aromatic heterocycles. The fraction of sp³-hybridized carbons (Fsp3) is 0.105. The molecule has 1 N–H and O–H groups in total. The lowest BCUT2D eigenvalue weighted by atomic mass is 10.1. The summed E-state index contributed by atoms with van der Waals surface area (Å²) in [4.78, 5) is 12.3. The molecule has 2 aromatic carbocycles. The van der Waals surface area contributed by atoms with Crippen molar-refractivity contribution in [3.05, 3.63) is 87.9 Å². The van der Waals surface area contributed by atoms with Gasteiger partial charge < -0.3 is 4.74 Å². The summed E-state index contributed by atoms with van der Waals surface area (Å²) in [5, 5.41) is 1.84. The quantitative estimate of drug-likeness (QED) is 0.634. The molecule has 140 valence electrons. The first-order valence-corrected chi connectivity index (χ1v) is 10.3. The van der Waals surface area contributed by atoms with Crippen LogP contribution in [0.5, 0.6) is 0 Å². The summed E-state index contributed by atoms with van der Waals surface area (Å²) in [5.74, 6) is -0.945. The second-order valence-corrected chi connectivity index (χ2v) is 8.33. The number of nitrogens with one attached hydrogen (secondary N) is 1. The highest BCUT2D eigenvalue weighted by Crippen LogP contribution is 2.28. The van der Waals surface area contributed by atoms with Gasteiger partial charge in [0, 0.05) is 4.88 Å². The number of methoxy groups -OCH3 is 1. The lowest BCUT2D eigenvalue weighted by molar-refractivity contribution is 0.0600. The summed E-state index contributed by atoms with van der Waals surface area (Å²) >= 11 is 1.39. The Bertz CT molecular complexity index is 1010. The standard InChI is InChI=1S/C19H16FNO4S2/c1-25-19(22)14-6-10-16(11-7-14)27(23,24)21-18(17-3-2-12-26-17)13-4-8-15(20)9-5-13/h2-12,18,21H,1H3. The fourth-order valence-electron chi connectivity index (χ4n) is 2.51. The van der Waals surface area contributed by atoms with Crippen LogP contribution in [-0.4, -0.2) is 21.5 Å². The number of hydrogen-bond donors (Lipinski definition) is 1. The molecular formula is C19H16FNO4S2. The molecule has 8 heteroatoms. The molecular weight excluding hydrogens is 389 g/mol. The molecule has 0 amide bonds. The van der Waals surface area contributed by atoms with Gasteiger partial charge in [-0.15, -0.1) is 11.3 Å². The summed E-state index contributed by atoms with van der Waals surface area (Å²) < 4.78 is 46.2. The highest BCUT2D eigenvalue weighted by Gasteiger charge is 2.24. The van der Waals surface area contributed by atoms with Gasteiger partial charge >= 0.3 is 5.97 Å². The number of carbonyl (C=O) groups excluding carboxylic acids is 1. The third kappa shape index (κ3) is 4.41. The van der Waals surface area contributed by atoms with Crippen molar-refractivity contribution in [3.63, 3.8) is 0 Å². The highest BCUT2D eigenvalue weighted by molar-refractivity contribution is 7.89. The van der Waals surface area contributed by atoms with E-state index in [9.17, 15) is 17.6 Å². The molecule has 0 radical (unpaired) electrons. The third-order valence-electron chi connectivity index (χ3n) is 3.89. The minimum Gasteiger partial charge on any atom is -0.465 e. The zero-order valence-corrected chi connectivity index (χ0v) is 15.9. The number of thiophene rings is 1. The van der Waals surface area contributed by atoms with Crippen molar-refractivity contribution in [1.82, 2.24) is 4.72 Å². The molecule has 3 rings (SSSR count). The van der Waals surface area contributed by atoms with E-state index >= 15 is 0 Å². The van der Waals surface area contributed by atoms with E-state index in [1.54, 1.807) is 12.1 Å². The average Bonchev–Trinajstić information content (AvgIpc) is 3.21. The van der Waals surface area contributed by atoms with Crippen molar-refractivity contribution in [2.75, 3.05) is 7.11 Å². The van der Waals surface area contributed by atoms with Gasteiger partial charge in [-0.3, -0.25) is 0 Å². The van der Waals surface area contributed by atoms with Crippen LogP contribution in [0.25, 0.3) is 0 Å². The van der Waals surface area contributed by atoms with Crippen LogP contribution in [0.15, 0.2) is 70.9 Å². The monoisotopic (exact) mass is 405 g/mol. The Morgan fingerprint density at radius 2 is 1.74 bits per heavy atom. The van der Waals surface area contributed by atoms with Crippen LogP contribution in [0.3, 0.4) is 0 Å². The Morgan fingerprint density at radius 3 is 2.30 bits per heavy atom. The molecule has 0 saturated heterocycles. The maximum Gasteiger partial charge on any atom is 0.337 e. The fourth-order valence-corrected chi connectivity index (χ4v) is 4.59. The molecule has 0 spiro atoms.